The molecule has 1 aromatic rings. The molecular weight excluding hydrogens is 286 g/mol. The van der Waals surface area contributed by atoms with Crippen molar-refractivity contribution in [2.24, 2.45) is 5.92 Å². The lowest BCUT2D eigenvalue weighted by Crippen LogP contribution is -3.12. The second kappa shape index (κ2) is 6.73. The Morgan fingerprint density at radius 2 is 2.05 bits per heavy atom. The number of rotatable bonds is 5. The Morgan fingerprint density at radius 1 is 1.41 bits per heavy atom. The number of hydrogen-bond donors (Lipinski definition) is 3. The number of aromatic nitrogens is 2. The Bertz CT molecular complexity index is 541. The maximum atomic E-state index is 11.3. The summed E-state index contributed by atoms with van der Waals surface area (Å²) in [6, 6.07) is 0. The summed E-state index contributed by atoms with van der Waals surface area (Å²) < 4.78 is 0. The second-order valence-corrected chi connectivity index (χ2v) is 6.08. The van der Waals surface area contributed by atoms with E-state index in [4.69, 9.17) is 5.73 Å². The summed E-state index contributed by atoms with van der Waals surface area (Å²) in [6.07, 6.45) is 0. The number of likely N-dealkylation sites (N-methyl/N-ethyl adjacent to an activating group) is 1. The van der Waals surface area contributed by atoms with E-state index < -0.39 is 4.92 Å². The van der Waals surface area contributed by atoms with Gasteiger partial charge in [0.1, 0.15) is 0 Å². The molecule has 1 aromatic heterocycles. The molecule has 0 bridgehead atoms. The zero-order chi connectivity index (χ0) is 16.3. The van der Waals surface area contributed by atoms with E-state index in [9.17, 15) is 10.1 Å². The molecule has 0 atom stereocenters. The maximum absolute atomic E-state index is 11.3. The Hall–Kier alpha value is -2.16. The number of anilines is 3. The maximum Gasteiger partial charge on any atom is 0.353 e. The van der Waals surface area contributed by atoms with Gasteiger partial charge in [-0.25, -0.2) is 0 Å². The predicted octanol–water partition coefficient (Wildman–Crippen LogP) is -0.630. The van der Waals surface area contributed by atoms with Gasteiger partial charge in [-0.2, -0.15) is 9.97 Å². The first-order valence-electron chi connectivity index (χ1n) is 7.50. The average Bonchev–Trinajstić information content (AvgIpc) is 2.44. The lowest BCUT2D eigenvalue weighted by atomic mass is 10.2. The number of hydrogen-bond acceptors (Lipinski definition) is 7. The molecule has 0 radical (unpaired) electrons. The van der Waals surface area contributed by atoms with Crippen molar-refractivity contribution in [1.82, 2.24) is 9.97 Å². The van der Waals surface area contributed by atoms with Gasteiger partial charge in [0, 0.05) is 6.54 Å². The van der Waals surface area contributed by atoms with Gasteiger partial charge in [0.2, 0.25) is 17.6 Å². The van der Waals surface area contributed by atoms with Gasteiger partial charge in [-0.3, -0.25) is 10.1 Å². The first-order chi connectivity index (χ1) is 10.4. The highest BCUT2D eigenvalue weighted by atomic mass is 16.6. The van der Waals surface area contributed by atoms with Crippen LogP contribution in [0.25, 0.3) is 0 Å². The minimum Gasteiger partial charge on any atom is -0.378 e. The van der Waals surface area contributed by atoms with Crippen molar-refractivity contribution in [3.63, 3.8) is 0 Å². The zero-order valence-corrected chi connectivity index (χ0v) is 13.3. The first kappa shape index (κ1) is 16.2. The first-order valence-corrected chi connectivity index (χ1v) is 7.50. The van der Waals surface area contributed by atoms with E-state index >= 15 is 0 Å². The van der Waals surface area contributed by atoms with Gasteiger partial charge in [0.05, 0.1) is 38.2 Å². The number of quaternary nitrogens is 1. The van der Waals surface area contributed by atoms with Crippen molar-refractivity contribution >= 4 is 23.3 Å². The molecule has 1 fully saturated rings. The standard InChI is InChI=1S/C13H23N7O2/c1-9(2)8-15-13-16-11(14)10(20(21)22)12(17-13)19-6-4-18(3)5-7-19/h9H,4-8H2,1-3H3,(H3,14,15,16,17)/p+1. The van der Waals surface area contributed by atoms with Gasteiger partial charge in [0.25, 0.3) is 0 Å². The van der Waals surface area contributed by atoms with Gasteiger partial charge in [-0.15, -0.1) is 0 Å². The number of piperazine rings is 1. The highest BCUT2D eigenvalue weighted by Gasteiger charge is 2.29. The van der Waals surface area contributed by atoms with Crippen molar-refractivity contribution in [1.29, 1.82) is 0 Å². The molecule has 4 N–H and O–H groups in total. The molecule has 22 heavy (non-hydrogen) atoms. The van der Waals surface area contributed by atoms with Crippen LogP contribution in [0.4, 0.5) is 23.3 Å². The quantitative estimate of drug-likeness (QED) is 0.490. The third-order valence-electron chi connectivity index (χ3n) is 3.66. The van der Waals surface area contributed by atoms with Crippen LogP contribution in [0.3, 0.4) is 0 Å². The third-order valence-corrected chi connectivity index (χ3v) is 3.66. The summed E-state index contributed by atoms with van der Waals surface area (Å²) in [7, 11) is 2.11. The minimum absolute atomic E-state index is 0.0902. The summed E-state index contributed by atoms with van der Waals surface area (Å²) in [5.41, 5.74) is 5.60. The fourth-order valence-electron chi connectivity index (χ4n) is 2.33. The topological polar surface area (TPSA) is 115 Å². The molecule has 122 valence electrons. The van der Waals surface area contributed by atoms with E-state index in [0.29, 0.717) is 37.3 Å². The number of nitro groups is 1. The van der Waals surface area contributed by atoms with Crippen molar-refractivity contribution in [2.75, 3.05) is 55.7 Å². The molecule has 1 aliphatic heterocycles. The average molecular weight is 310 g/mol. The molecular formula is C13H24N7O2+. The van der Waals surface area contributed by atoms with Crippen molar-refractivity contribution in [2.45, 2.75) is 13.8 Å². The second-order valence-electron chi connectivity index (χ2n) is 6.08. The normalized spacial score (nSPS) is 16.1. The lowest BCUT2D eigenvalue weighted by molar-refractivity contribution is -0.880. The summed E-state index contributed by atoms with van der Waals surface area (Å²) in [5, 5.41) is 14.4. The van der Waals surface area contributed by atoms with E-state index in [0.717, 1.165) is 13.1 Å². The SMILES string of the molecule is CC(C)CNc1nc(N)c([N+](=O)[O-])c(N2CC[NH+](C)CC2)n1. The molecule has 0 aliphatic carbocycles. The molecule has 1 aliphatic rings. The summed E-state index contributed by atoms with van der Waals surface area (Å²) >= 11 is 0. The zero-order valence-electron chi connectivity index (χ0n) is 13.3. The fraction of sp³-hybridized carbons (Fsp3) is 0.692. The number of nitrogen functional groups attached to an aromatic ring is 1. The Balaban J connectivity index is 2.33. The summed E-state index contributed by atoms with van der Waals surface area (Å²) in [4.78, 5) is 22.5. The Labute approximate surface area is 129 Å². The van der Waals surface area contributed by atoms with Crippen LogP contribution in [-0.2, 0) is 0 Å². The van der Waals surface area contributed by atoms with Gasteiger partial charge in [-0.05, 0) is 5.92 Å². The predicted molar refractivity (Wildman–Crippen MR) is 85.3 cm³/mol. The van der Waals surface area contributed by atoms with Crippen LogP contribution in [0.1, 0.15) is 13.8 Å². The van der Waals surface area contributed by atoms with Gasteiger partial charge in [0.15, 0.2) is 0 Å². The smallest absolute Gasteiger partial charge is 0.353 e. The van der Waals surface area contributed by atoms with Crippen LogP contribution in [-0.4, -0.2) is 54.7 Å². The van der Waals surface area contributed by atoms with Crippen LogP contribution in [0.5, 0.6) is 0 Å². The largest absolute Gasteiger partial charge is 0.378 e. The summed E-state index contributed by atoms with van der Waals surface area (Å²) in [6.45, 7) is 8.06. The monoisotopic (exact) mass is 310 g/mol. The summed E-state index contributed by atoms with van der Waals surface area (Å²) in [5.74, 6) is 0.984. The molecule has 1 saturated heterocycles. The molecule has 2 rings (SSSR count). The van der Waals surface area contributed by atoms with E-state index in [2.05, 4.69) is 36.2 Å². The Morgan fingerprint density at radius 3 is 2.59 bits per heavy atom. The highest BCUT2D eigenvalue weighted by molar-refractivity contribution is 5.71. The van der Waals surface area contributed by atoms with Crippen LogP contribution in [0.15, 0.2) is 0 Å². The van der Waals surface area contributed by atoms with Crippen LogP contribution >= 0.6 is 0 Å². The number of nitrogens with zero attached hydrogens (tertiary/aromatic N) is 4. The van der Waals surface area contributed by atoms with E-state index in [1.54, 1.807) is 0 Å². The molecule has 0 spiro atoms. The molecule has 0 unspecified atom stereocenters. The minimum atomic E-state index is -0.498. The van der Waals surface area contributed by atoms with E-state index in [-0.39, 0.29) is 11.5 Å². The molecule has 0 amide bonds. The van der Waals surface area contributed by atoms with Crippen LogP contribution < -0.4 is 20.9 Å². The molecule has 9 heteroatoms. The van der Waals surface area contributed by atoms with Crippen LogP contribution in [0, 0.1) is 16.0 Å². The van der Waals surface area contributed by atoms with E-state index in [1.807, 2.05) is 4.90 Å². The number of nitrogens with one attached hydrogen (secondary N) is 2. The third kappa shape index (κ3) is 3.73. The molecule has 0 aromatic carbocycles. The van der Waals surface area contributed by atoms with Crippen molar-refractivity contribution < 1.29 is 9.82 Å². The van der Waals surface area contributed by atoms with Gasteiger partial charge < -0.3 is 20.9 Å². The molecule has 2 heterocycles. The van der Waals surface area contributed by atoms with E-state index in [1.165, 1.54) is 4.90 Å². The molecule has 0 saturated carbocycles. The molecule has 9 nitrogen and oxygen atoms in total. The lowest BCUT2D eigenvalue weighted by Gasteiger charge is -2.30. The number of nitrogens with two attached hydrogens (primary N) is 1. The fourth-order valence-corrected chi connectivity index (χ4v) is 2.33. The van der Waals surface area contributed by atoms with Crippen molar-refractivity contribution in [3.05, 3.63) is 10.1 Å². The van der Waals surface area contributed by atoms with Crippen molar-refractivity contribution in [3.8, 4) is 0 Å². The highest BCUT2D eigenvalue weighted by Crippen LogP contribution is 2.31. The van der Waals surface area contributed by atoms with Crippen LogP contribution in [0.2, 0.25) is 0 Å². The van der Waals surface area contributed by atoms with Gasteiger partial charge in [-0.1, -0.05) is 13.8 Å². The van der Waals surface area contributed by atoms with Gasteiger partial charge >= 0.3 is 5.69 Å². The Kier molecular flexibility index (Phi) is 4.96.